The molecule has 0 radical (unpaired) electrons. The molecule has 55 heavy (non-hydrogen) atoms. The van der Waals surface area contributed by atoms with E-state index in [1.807, 2.05) is 84.9 Å². The Kier molecular flexibility index (Phi) is 14.3. The number of para-hydroxylation sites is 2. The van der Waals surface area contributed by atoms with Crippen LogP contribution in [-0.2, 0) is 32.2 Å². The molecule has 3 atom stereocenters. The van der Waals surface area contributed by atoms with Gasteiger partial charge in [-0.1, -0.05) is 103 Å². The van der Waals surface area contributed by atoms with Crippen LogP contribution in [0.4, 0.5) is 11.4 Å². The first-order valence-electron chi connectivity index (χ1n) is 18.8. The van der Waals surface area contributed by atoms with E-state index in [0.29, 0.717) is 48.0 Å². The lowest BCUT2D eigenvalue weighted by molar-refractivity contribution is -0.645. The fourth-order valence-electron chi connectivity index (χ4n) is 6.46. The van der Waals surface area contributed by atoms with Gasteiger partial charge in [0.25, 0.3) is 5.03 Å². The average molecular weight is 761 g/mol. The number of pyridine rings is 1. The first-order valence-corrected chi connectivity index (χ1v) is 19.7. The van der Waals surface area contributed by atoms with E-state index in [4.69, 9.17) is 15.2 Å². The zero-order valence-corrected chi connectivity index (χ0v) is 31.6. The Morgan fingerprint density at radius 2 is 1.51 bits per heavy atom. The van der Waals surface area contributed by atoms with Crippen LogP contribution in [0.2, 0.25) is 0 Å². The molecule has 0 bridgehead atoms. The van der Waals surface area contributed by atoms with Gasteiger partial charge in [-0.05, 0) is 64.9 Å². The predicted molar refractivity (Wildman–Crippen MR) is 215 cm³/mol. The van der Waals surface area contributed by atoms with Gasteiger partial charge in [0.2, 0.25) is 11.8 Å². The summed E-state index contributed by atoms with van der Waals surface area (Å²) in [7, 11) is 0. The first-order chi connectivity index (χ1) is 26.8. The molecule has 0 aliphatic carbocycles. The van der Waals surface area contributed by atoms with E-state index in [-0.39, 0.29) is 30.6 Å². The van der Waals surface area contributed by atoms with Crippen molar-refractivity contribution in [1.82, 2.24) is 5.32 Å². The van der Waals surface area contributed by atoms with E-state index in [9.17, 15) is 19.9 Å². The Bertz CT molecular complexity index is 2010. The molecule has 1 fully saturated rings. The number of amides is 2. The highest BCUT2D eigenvalue weighted by molar-refractivity contribution is 7.99. The van der Waals surface area contributed by atoms with Crippen molar-refractivity contribution in [2.45, 2.75) is 81.6 Å². The van der Waals surface area contributed by atoms with Crippen molar-refractivity contribution in [2.75, 3.05) is 16.8 Å². The first kappa shape index (κ1) is 39.5. The minimum Gasteiger partial charge on any atom is -0.618 e. The summed E-state index contributed by atoms with van der Waals surface area (Å²) in [6.45, 7) is 0.415. The lowest BCUT2D eigenvalue weighted by atomic mass is 9.99. The topological polar surface area (TPSA) is 150 Å². The number of benzene rings is 4. The van der Waals surface area contributed by atoms with Gasteiger partial charge in [-0.25, -0.2) is 0 Å². The number of aliphatic hydroxyl groups is 1. The number of hydrogen-bond acceptors (Lipinski definition) is 8. The van der Waals surface area contributed by atoms with E-state index in [0.717, 1.165) is 63.8 Å². The van der Waals surface area contributed by atoms with Crippen LogP contribution in [0.15, 0.2) is 126 Å². The molecule has 0 spiro atoms. The number of rotatable bonds is 17. The molecular weight excluding hydrogens is 713 g/mol. The monoisotopic (exact) mass is 760 g/mol. The highest BCUT2D eigenvalue weighted by Crippen LogP contribution is 2.39. The number of hydrogen-bond donors (Lipinski definition) is 4. The Labute approximate surface area is 326 Å². The third-order valence-corrected chi connectivity index (χ3v) is 10.7. The smallest absolute Gasteiger partial charge is 0.251 e. The second-order valence-electron chi connectivity index (χ2n) is 13.7. The third-order valence-electron chi connectivity index (χ3n) is 9.55. The van der Waals surface area contributed by atoms with E-state index in [2.05, 4.69) is 16.7 Å². The van der Waals surface area contributed by atoms with Crippen molar-refractivity contribution in [3.63, 3.8) is 0 Å². The quantitative estimate of drug-likeness (QED) is 0.0245. The number of nitrogens with two attached hydrogens (primary N) is 1. The van der Waals surface area contributed by atoms with Crippen molar-refractivity contribution >= 4 is 35.0 Å². The van der Waals surface area contributed by atoms with Crippen LogP contribution in [-0.4, -0.2) is 28.8 Å². The average Bonchev–Trinajstić information content (AvgIpc) is 3.22. The number of aliphatic hydroxyl groups excluding tert-OH is 1. The standard InChI is InChI=1S/C44H48N4O6S/c45-38-12-5-6-13-39(38)47-42(51)15-4-2-1-3-14-41(50)46-28-32-10-9-11-36(26-32)33-21-23-35(24-22-33)44-53-37(30-55-43-16-7-8-25-48(43)52)27-40(54-44)34-19-17-31(29-49)18-20-34/h5-13,16-26,37,40,44,49H,1-4,14-15,27-30,45H2,(H,46,50)(H,47,51)/t37-,40+,44+/m0/s1. The van der Waals surface area contributed by atoms with E-state index >= 15 is 0 Å². The maximum absolute atomic E-state index is 12.6. The number of ether oxygens (including phenoxy) is 2. The van der Waals surface area contributed by atoms with Crippen LogP contribution >= 0.6 is 11.8 Å². The lowest BCUT2D eigenvalue weighted by Gasteiger charge is -2.36. The number of unbranched alkanes of at least 4 members (excludes halogenated alkanes) is 3. The number of nitrogen functional groups attached to an aromatic ring is 1. The fraction of sp³-hybridized carbons (Fsp3) is 0.295. The Balaban J connectivity index is 0.984. The molecule has 1 saturated heterocycles. The molecule has 0 saturated carbocycles. The molecular formula is C44H48N4O6S. The van der Waals surface area contributed by atoms with Crippen LogP contribution in [0.5, 0.6) is 0 Å². The van der Waals surface area contributed by atoms with Crippen LogP contribution in [0, 0.1) is 5.21 Å². The van der Waals surface area contributed by atoms with Gasteiger partial charge in [-0.15, -0.1) is 0 Å². The summed E-state index contributed by atoms with van der Waals surface area (Å²) < 4.78 is 13.9. The van der Waals surface area contributed by atoms with Crippen molar-refractivity contribution in [3.05, 3.63) is 149 Å². The molecule has 5 N–H and O–H groups in total. The zero-order valence-electron chi connectivity index (χ0n) is 30.8. The number of aromatic nitrogens is 1. The van der Waals surface area contributed by atoms with Gasteiger partial charge in [-0.3, -0.25) is 9.59 Å². The van der Waals surface area contributed by atoms with Crippen LogP contribution in [0.3, 0.4) is 0 Å². The van der Waals surface area contributed by atoms with Gasteiger partial charge in [0.05, 0.1) is 30.2 Å². The Morgan fingerprint density at radius 1 is 0.782 bits per heavy atom. The number of nitrogens with one attached hydrogen (secondary N) is 2. The van der Waals surface area contributed by atoms with Crippen molar-refractivity contribution < 1.29 is 28.9 Å². The zero-order chi connectivity index (χ0) is 38.4. The number of anilines is 2. The summed E-state index contributed by atoms with van der Waals surface area (Å²) in [6, 6.07) is 36.6. The van der Waals surface area contributed by atoms with Crippen molar-refractivity contribution in [1.29, 1.82) is 0 Å². The summed E-state index contributed by atoms with van der Waals surface area (Å²) in [6.07, 6.45) is 5.27. The highest BCUT2D eigenvalue weighted by atomic mass is 32.2. The number of nitrogens with zero attached hydrogens (tertiary/aromatic N) is 1. The molecule has 2 amide bonds. The van der Waals surface area contributed by atoms with Crippen molar-refractivity contribution in [2.24, 2.45) is 0 Å². The molecule has 2 heterocycles. The fourth-order valence-corrected chi connectivity index (χ4v) is 7.39. The Hall–Kier alpha value is -5.20. The second-order valence-corrected chi connectivity index (χ2v) is 14.7. The third kappa shape index (κ3) is 11.6. The summed E-state index contributed by atoms with van der Waals surface area (Å²) in [5, 5.41) is 28.3. The van der Waals surface area contributed by atoms with Crippen LogP contribution in [0.1, 0.15) is 79.6 Å². The normalized spacial score (nSPS) is 16.7. The molecule has 5 aromatic rings. The van der Waals surface area contributed by atoms with Gasteiger partial charge >= 0.3 is 0 Å². The van der Waals surface area contributed by atoms with Gasteiger partial charge in [0.1, 0.15) is 0 Å². The minimum absolute atomic E-state index is 0.00914. The number of carbonyl (C=O) groups excluding carboxylic acids is 2. The maximum Gasteiger partial charge on any atom is 0.251 e. The predicted octanol–water partition coefficient (Wildman–Crippen LogP) is 7.99. The van der Waals surface area contributed by atoms with Crippen LogP contribution in [0.25, 0.3) is 11.1 Å². The molecule has 11 heteroatoms. The molecule has 10 nitrogen and oxygen atoms in total. The molecule has 1 aliphatic rings. The molecule has 6 rings (SSSR count). The maximum atomic E-state index is 12.6. The van der Waals surface area contributed by atoms with Crippen LogP contribution < -0.4 is 21.1 Å². The van der Waals surface area contributed by atoms with Gasteiger partial charge in [0.15, 0.2) is 12.5 Å². The molecule has 286 valence electrons. The van der Waals surface area contributed by atoms with Gasteiger partial charge < -0.3 is 36.2 Å². The summed E-state index contributed by atoms with van der Waals surface area (Å²) in [5.41, 5.74) is 12.9. The molecule has 4 aromatic carbocycles. The largest absolute Gasteiger partial charge is 0.618 e. The second kappa shape index (κ2) is 19.9. The number of carbonyl (C=O) groups is 2. The number of thioether (sulfide) groups is 1. The van der Waals surface area contributed by atoms with E-state index in [1.54, 1.807) is 24.3 Å². The lowest BCUT2D eigenvalue weighted by Crippen LogP contribution is -2.32. The van der Waals surface area contributed by atoms with E-state index < -0.39 is 6.29 Å². The summed E-state index contributed by atoms with van der Waals surface area (Å²) in [4.78, 5) is 24.8. The van der Waals surface area contributed by atoms with E-state index in [1.165, 1.54) is 18.0 Å². The van der Waals surface area contributed by atoms with Gasteiger partial charge in [-0.2, -0.15) is 4.73 Å². The Morgan fingerprint density at radius 3 is 2.25 bits per heavy atom. The van der Waals surface area contributed by atoms with Gasteiger partial charge in [0, 0.05) is 49.3 Å². The SMILES string of the molecule is Nc1ccccc1NC(=O)CCCCCCC(=O)NCc1cccc(-c2ccc([C@@H]3O[C@H](CSc4cccc[n+]4[O-])C[C@H](c4ccc(CO)cc4)O3)cc2)c1. The van der Waals surface area contributed by atoms with Crippen molar-refractivity contribution in [3.8, 4) is 11.1 Å². The highest BCUT2D eigenvalue weighted by Gasteiger charge is 2.32. The summed E-state index contributed by atoms with van der Waals surface area (Å²) in [5.74, 6) is 0.542. The molecule has 0 unspecified atom stereocenters. The molecule has 1 aliphatic heterocycles. The molecule has 1 aromatic heterocycles. The minimum atomic E-state index is -0.605. The summed E-state index contributed by atoms with van der Waals surface area (Å²) >= 11 is 1.46.